The zero-order valence-corrected chi connectivity index (χ0v) is 20.0. The van der Waals surface area contributed by atoms with Crippen molar-refractivity contribution in [2.24, 2.45) is 4.99 Å². The van der Waals surface area contributed by atoms with Gasteiger partial charge in [-0.1, -0.05) is 54.1 Å². The van der Waals surface area contributed by atoms with Gasteiger partial charge in [-0.15, -0.1) is 0 Å². The Labute approximate surface area is 210 Å². The van der Waals surface area contributed by atoms with Crippen LogP contribution < -0.4 is 15.5 Å². The molecule has 1 amide bonds. The number of benzene rings is 3. The number of nitrogens with zero attached hydrogens (tertiary/aromatic N) is 2. The van der Waals surface area contributed by atoms with Gasteiger partial charge in [0, 0.05) is 29.7 Å². The molecule has 0 radical (unpaired) electrons. The van der Waals surface area contributed by atoms with Crippen molar-refractivity contribution in [2.75, 3.05) is 11.9 Å². The van der Waals surface area contributed by atoms with Crippen molar-refractivity contribution < 1.29 is 18.0 Å². The monoisotopic (exact) mass is 516 g/mol. The molecule has 10 heteroatoms. The topological polar surface area (TPSA) is 56.7 Å². The summed E-state index contributed by atoms with van der Waals surface area (Å²) >= 11 is 11.6. The number of fused-ring (bicyclic) bond motifs is 1. The molecule has 180 valence electrons. The quantitative estimate of drug-likeness (QED) is 0.470. The summed E-state index contributed by atoms with van der Waals surface area (Å²) < 4.78 is 38.3. The van der Waals surface area contributed by atoms with Gasteiger partial charge in [0.2, 0.25) is 6.17 Å². The van der Waals surface area contributed by atoms with Crippen LogP contribution in [0.3, 0.4) is 0 Å². The lowest BCUT2D eigenvalue weighted by Gasteiger charge is -2.22. The molecule has 0 bridgehead atoms. The predicted molar refractivity (Wildman–Crippen MR) is 135 cm³/mol. The van der Waals surface area contributed by atoms with Crippen LogP contribution >= 0.6 is 23.8 Å². The van der Waals surface area contributed by atoms with E-state index in [1.165, 1.54) is 17.0 Å². The molecule has 0 fully saturated rings. The maximum Gasteiger partial charge on any atom is 0.416 e. The van der Waals surface area contributed by atoms with E-state index in [4.69, 9.17) is 28.8 Å². The molecule has 5 nitrogen and oxygen atoms in total. The first kappa shape index (κ1) is 24.7. The van der Waals surface area contributed by atoms with Gasteiger partial charge >= 0.3 is 6.18 Å². The summed E-state index contributed by atoms with van der Waals surface area (Å²) in [5.41, 5.74) is 2.60. The maximum atomic E-state index is 13.2. The number of likely N-dealkylation sites (N-methyl/N-ethyl adjacent to an activating group) is 1. The highest BCUT2D eigenvalue weighted by molar-refractivity contribution is 7.80. The number of rotatable bonds is 4. The van der Waals surface area contributed by atoms with Gasteiger partial charge in [0.05, 0.1) is 17.0 Å². The van der Waals surface area contributed by atoms with Crippen LogP contribution in [0.1, 0.15) is 22.3 Å². The van der Waals surface area contributed by atoms with Crippen LogP contribution in [0.4, 0.5) is 18.9 Å². The number of amides is 1. The Morgan fingerprint density at radius 1 is 1.09 bits per heavy atom. The third-order valence-electron chi connectivity index (χ3n) is 5.45. The Kier molecular flexibility index (Phi) is 7.09. The average molecular weight is 517 g/mol. The summed E-state index contributed by atoms with van der Waals surface area (Å²) in [6.07, 6.45) is -5.43. The van der Waals surface area contributed by atoms with Crippen molar-refractivity contribution in [1.82, 2.24) is 10.6 Å². The maximum absolute atomic E-state index is 13.2. The number of thiocarbonyl (C=S) groups is 1. The molecule has 1 aliphatic heterocycles. The molecule has 35 heavy (non-hydrogen) atoms. The summed E-state index contributed by atoms with van der Waals surface area (Å²) in [5, 5.41) is 6.49. The first-order valence-corrected chi connectivity index (χ1v) is 11.3. The fraction of sp³-hybridized carbons (Fsp3) is 0.160. The van der Waals surface area contributed by atoms with Crippen LogP contribution in [0.15, 0.2) is 77.8 Å². The van der Waals surface area contributed by atoms with Gasteiger partial charge in [0.15, 0.2) is 5.11 Å². The average Bonchev–Trinajstić information content (AvgIpc) is 2.93. The highest BCUT2D eigenvalue weighted by atomic mass is 35.5. The minimum absolute atomic E-state index is 0.136. The highest BCUT2D eigenvalue weighted by Gasteiger charge is 2.31. The molecular weight excluding hydrogens is 497 g/mol. The number of nitrogens with one attached hydrogen (secondary N) is 2. The number of halogens is 4. The normalized spacial score (nSPS) is 15.7. The summed E-state index contributed by atoms with van der Waals surface area (Å²) in [4.78, 5) is 19.4. The summed E-state index contributed by atoms with van der Waals surface area (Å²) in [5.74, 6) is -0.335. The standard InChI is InChI=1S/C25H20ClF3N4OS/c1-33-20-12-11-18(26)13-19(20)21(16-5-3-2-4-6-16)31-22(23(33)34)32-24(35)30-14-15-7-9-17(10-8-15)25(27,28)29/h2-13,22H,14H2,1H3,(H2,30,32,35). The van der Waals surface area contributed by atoms with Gasteiger partial charge in [-0.2, -0.15) is 13.2 Å². The van der Waals surface area contributed by atoms with Crippen LogP contribution in [0.25, 0.3) is 0 Å². The lowest BCUT2D eigenvalue weighted by Crippen LogP contribution is -2.49. The van der Waals surface area contributed by atoms with Crippen LogP contribution in [-0.2, 0) is 17.5 Å². The summed E-state index contributed by atoms with van der Waals surface area (Å²) in [6, 6.07) is 19.4. The van der Waals surface area contributed by atoms with Crippen LogP contribution in [0.2, 0.25) is 5.02 Å². The van der Waals surface area contributed by atoms with Gasteiger partial charge in [-0.3, -0.25) is 4.79 Å². The fourth-order valence-electron chi connectivity index (χ4n) is 3.64. The number of alkyl halides is 3. The molecule has 1 aliphatic rings. The SMILES string of the molecule is CN1C(=O)C(NC(=S)NCc2ccc(C(F)(F)F)cc2)N=C(c2ccccc2)c2cc(Cl)ccc21. The second kappa shape index (κ2) is 10.1. The van der Waals surface area contributed by atoms with E-state index < -0.39 is 17.9 Å². The zero-order chi connectivity index (χ0) is 25.2. The number of anilines is 1. The van der Waals surface area contributed by atoms with Gasteiger partial charge in [0.1, 0.15) is 0 Å². The van der Waals surface area contributed by atoms with E-state index in [2.05, 4.69) is 10.6 Å². The van der Waals surface area contributed by atoms with Gasteiger partial charge in [-0.05, 0) is 48.1 Å². The number of hydrogen-bond acceptors (Lipinski definition) is 3. The van der Waals surface area contributed by atoms with Crippen molar-refractivity contribution in [3.8, 4) is 0 Å². The second-order valence-corrected chi connectivity index (χ2v) is 8.67. The molecule has 3 aromatic rings. The Morgan fingerprint density at radius 2 is 1.77 bits per heavy atom. The predicted octanol–water partition coefficient (Wildman–Crippen LogP) is 5.16. The van der Waals surface area contributed by atoms with Crippen molar-refractivity contribution in [3.05, 3.63) is 100 Å². The van der Waals surface area contributed by atoms with Crippen molar-refractivity contribution in [2.45, 2.75) is 18.9 Å². The first-order chi connectivity index (χ1) is 16.6. The zero-order valence-electron chi connectivity index (χ0n) is 18.4. The second-order valence-electron chi connectivity index (χ2n) is 7.83. The third-order valence-corrected chi connectivity index (χ3v) is 5.94. The van der Waals surface area contributed by atoms with Gasteiger partial charge in [0.25, 0.3) is 5.91 Å². The smallest absolute Gasteiger partial charge is 0.359 e. The molecule has 3 aromatic carbocycles. The van der Waals surface area contributed by atoms with Crippen molar-refractivity contribution in [1.29, 1.82) is 0 Å². The molecule has 0 saturated carbocycles. The molecule has 0 aliphatic carbocycles. The minimum atomic E-state index is -4.40. The number of carbonyl (C=O) groups is 1. The van der Waals surface area contributed by atoms with Gasteiger partial charge < -0.3 is 15.5 Å². The number of benzodiazepines with no additional fused rings is 1. The van der Waals surface area contributed by atoms with E-state index in [-0.39, 0.29) is 17.6 Å². The third kappa shape index (κ3) is 5.63. The first-order valence-electron chi connectivity index (χ1n) is 10.5. The molecule has 1 atom stereocenters. The molecule has 0 aromatic heterocycles. The molecule has 1 unspecified atom stereocenters. The van der Waals surface area contributed by atoms with E-state index in [0.717, 1.165) is 17.7 Å². The lowest BCUT2D eigenvalue weighted by molar-refractivity contribution is -0.137. The molecular formula is C25H20ClF3N4OS. The summed E-state index contributed by atoms with van der Waals surface area (Å²) in [6.45, 7) is 0.172. The van der Waals surface area contributed by atoms with E-state index in [0.29, 0.717) is 27.5 Å². The molecule has 1 heterocycles. The molecule has 2 N–H and O–H groups in total. The van der Waals surface area contributed by atoms with Gasteiger partial charge in [-0.25, -0.2) is 4.99 Å². The number of aliphatic imine (C=N–C) groups is 1. The largest absolute Gasteiger partial charge is 0.416 e. The van der Waals surface area contributed by atoms with Crippen LogP contribution in [-0.4, -0.2) is 29.9 Å². The van der Waals surface area contributed by atoms with E-state index in [1.807, 2.05) is 30.3 Å². The Hall–Kier alpha value is -3.43. The highest BCUT2D eigenvalue weighted by Crippen LogP contribution is 2.30. The fourth-order valence-corrected chi connectivity index (χ4v) is 3.99. The van der Waals surface area contributed by atoms with E-state index in [9.17, 15) is 18.0 Å². The Balaban J connectivity index is 1.56. The van der Waals surface area contributed by atoms with Crippen LogP contribution in [0, 0.1) is 0 Å². The summed E-state index contributed by atoms with van der Waals surface area (Å²) in [7, 11) is 1.64. The Bertz CT molecular complexity index is 1280. The lowest BCUT2D eigenvalue weighted by atomic mass is 10.0. The van der Waals surface area contributed by atoms with E-state index in [1.54, 1.807) is 25.2 Å². The number of hydrogen-bond donors (Lipinski definition) is 2. The van der Waals surface area contributed by atoms with E-state index >= 15 is 0 Å². The van der Waals surface area contributed by atoms with Crippen molar-refractivity contribution in [3.63, 3.8) is 0 Å². The molecule has 4 rings (SSSR count). The molecule has 0 saturated heterocycles. The number of carbonyl (C=O) groups excluding carboxylic acids is 1. The van der Waals surface area contributed by atoms with Crippen LogP contribution in [0.5, 0.6) is 0 Å². The Morgan fingerprint density at radius 3 is 2.43 bits per heavy atom. The van der Waals surface area contributed by atoms with Crippen molar-refractivity contribution >= 4 is 46.2 Å². The molecule has 0 spiro atoms. The minimum Gasteiger partial charge on any atom is -0.359 e.